The van der Waals surface area contributed by atoms with Crippen LogP contribution in [0.15, 0.2) is 40.8 Å². The van der Waals surface area contributed by atoms with Crippen LogP contribution >= 0.6 is 0 Å². The molecular weight excluding hydrogens is 330 g/mol. The van der Waals surface area contributed by atoms with Gasteiger partial charge in [0.15, 0.2) is 0 Å². The number of furan rings is 1. The quantitative estimate of drug-likeness (QED) is 0.671. The number of likely N-dealkylation sites (N-methyl/N-ethyl adjacent to an activating group) is 1. The molecule has 0 atom stereocenters. The Bertz CT molecular complexity index is 900. The third-order valence-corrected chi connectivity index (χ3v) is 4.56. The van der Waals surface area contributed by atoms with E-state index in [0.29, 0.717) is 23.6 Å². The summed E-state index contributed by atoms with van der Waals surface area (Å²) in [5, 5.41) is 7.72. The Balaban J connectivity index is 1.76. The number of amides is 2. The summed E-state index contributed by atoms with van der Waals surface area (Å²) in [5.41, 5.74) is 2.11. The lowest BCUT2D eigenvalue weighted by Gasteiger charge is -2.18. The van der Waals surface area contributed by atoms with Gasteiger partial charge in [-0.2, -0.15) is 0 Å². The van der Waals surface area contributed by atoms with Gasteiger partial charge in [0, 0.05) is 29.9 Å². The lowest BCUT2D eigenvalue weighted by atomic mass is 10.1. The predicted molar refractivity (Wildman–Crippen MR) is 105 cm³/mol. The minimum atomic E-state index is -0.258. The number of nitrogens with one attached hydrogen (secondary N) is 2. The highest BCUT2D eigenvalue weighted by Crippen LogP contribution is 2.36. The molecule has 0 bridgehead atoms. The summed E-state index contributed by atoms with van der Waals surface area (Å²) >= 11 is 0. The number of carbonyl (C=O) groups is 1. The van der Waals surface area contributed by atoms with E-state index >= 15 is 0 Å². The molecule has 3 aromatic rings. The molecule has 0 spiro atoms. The van der Waals surface area contributed by atoms with Gasteiger partial charge in [-0.15, -0.1) is 0 Å². The Morgan fingerprint density at radius 2 is 1.88 bits per heavy atom. The minimum Gasteiger partial charge on any atom is -0.495 e. The third-order valence-electron chi connectivity index (χ3n) is 4.56. The topological polar surface area (TPSA) is 66.7 Å². The van der Waals surface area contributed by atoms with Crippen LogP contribution in [0.5, 0.6) is 5.75 Å². The largest absolute Gasteiger partial charge is 0.495 e. The lowest BCUT2D eigenvalue weighted by molar-refractivity contribution is 0.247. The van der Waals surface area contributed by atoms with Crippen LogP contribution in [0, 0.1) is 0 Å². The number of ether oxygens (including phenoxy) is 1. The number of rotatable bonds is 7. The zero-order valence-electron chi connectivity index (χ0n) is 15.5. The van der Waals surface area contributed by atoms with Gasteiger partial charge in [-0.1, -0.05) is 32.0 Å². The van der Waals surface area contributed by atoms with Crippen molar-refractivity contribution in [2.45, 2.75) is 13.8 Å². The van der Waals surface area contributed by atoms with Crippen LogP contribution in [-0.4, -0.2) is 44.2 Å². The zero-order chi connectivity index (χ0) is 18.5. The summed E-state index contributed by atoms with van der Waals surface area (Å²) in [6, 6.07) is 11.3. The third kappa shape index (κ3) is 3.75. The smallest absolute Gasteiger partial charge is 0.319 e. The van der Waals surface area contributed by atoms with Gasteiger partial charge in [0.25, 0.3) is 0 Å². The first-order valence-corrected chi connectivity index (χ1v) is 8.92. The van der Waals surface area contributed by atoms with Gasteiger partial charge in [0.1, 0.15) is 16.9 Å². The van der Waals surface area contributed by atoms with Crippen molar-refractivity contribution in [3.63, 3.8) is 0 Å². The summed E-state index contributed by atoms with van der Waals surface area (Å²) in [4.78, 5) is 14.5. The first-order chi connectivity index (χ1) is 12.7. The first-order valence-electron chi connectivity index (χ1n) is 8.92. The zero-order valence-corrected chi connectivity index (χ0v) is 15.5. The van der Waals surface area contributed by atoms with Crippen LogP contribution < -0.4 is 15.4 Å². The summed E-state index contributed by atoms with van der Waals surface area (Å²) in [6.45, 7) is 7.56. The van der Waals surface area contributed by atoms with Gasteiger partial charge in [0.2, 0.25) is 0 Å². The van der Waals surface area contributed by atoms with Gasteiger partial charge >= 0.3 is 6.03 Å². The Morgan fingerprint density at radius 3 is 2.62 bits per heavy atom. The van der Waals surface area contributed by atoms with E-state index in [1.807, 2.05) is 30.3 Å². The van der Waals surface area contributed by atoms with E-state index in [1.165, 1.54) is 0 Å². The highest BCUT2D eigenvalue weighted by molar-refractivity contribution is 6.07. The molecule has 0 unspecified atom stereocenters. The molecule has 1 heterocycles. The molecule has 2 aromatic carbocycles. The summed E-state index contributed by atoms with van der Waals surface area (Å²) in [5.74, 6) is 0.600. The average molecular weight is 355 g/mol. The molecule has 138 valence electrons. The monoisotopic (exact) mass is 355 g/mol. The second kappa shape index (κ2) is 8.10. The number of anilines is 1. The van der Waals surface area contributed by atoms with E-state index in [1.54, 1.807) is 13.2 Å². The van der Waals surface area contributed by atoms with E-state index in [2.05, 4.69) is 29.4 Å². The molecule has 0 radical (unpaired) electrons. The standard InChI is InChI=1S/C20H25N3O3/c1-4-23(5-2)11-10-21-20(24)22-16-13-18-15(12-19(16)25-3)14-8-6-7-9-17(14)26-18/h6-9,12-13H,4-5,10-11H2,1-3H3,(H2,21,22,24). The molecule has 0 saturated carbocycles. The molecule has 6 heteroatoms. The van der Waals surface area contributed by atoms with Crippen LogP contribution in [0.25, 0.3) is 21.9 Å². The van der Waals surface area contributed by atoms with E-state index < -0.39 is 0 Å². The fourth-order valence-corrected chi connectivity index (χ4v) is 3.05. The van der Waals surface area contributed by atoms with Crippen LogP contribution in [0.2, 0.25) is 0 Å². The Hall–Kier alpha value is -2.73. The predicted octanol–water partition coefficient (Wildman–Crippen LogP) is 4.06. The molecule has 1 aromatic heterocycles. The molecule has 26 heavy (non-hydrogen) atoms. The van der Waals surface area contributed by atoms with Crippen molar-refractivity contribution in [2.75, 3.05) is 38.6 Å². The number of methoxy groups -OCH3 is 1. The van der Waals surface area contributed by atoms with Crippen molar-refractivity contribution in [3.05, 3.63) is 36.4 Å². The molecule has 0 fully saturated rings. The number of para-hydroxylation sites is 1. The van der Waals surface area contributed by atoms with E-state index in [4.69, 9.17) is 9.15 Å². The van der Waals surface area contributed by atoms with Gasteiger partial charge in [0.05, 0.1) is 12.8 Å². The van der Waals surface area contributed by atoms with Gasteiger partial charge in [-0.3, -0.25) is 0 Å². The Labute approximate surface area is 153 Å². The molecule has 0 aliphatic heterocycles. The number of nitrogens with zero attached hydrogens (tertiary/aromatic N) is 1. The molecular formula is C20H25N3O3. The number of urea groups is 1. The van der Waals surface area contributed by atoms with Crippen LogP contribution in [0.3, 0.4) is 0 Å². The number of hydrogen-bond donors (Lipinski definition) is 2. The highest BCUT2D eigenvalue weighted by Gasteiger charge is 2.14. The van der Waals surface area contributed by atoms with Gasteiger partial charge < -0.3 is 24.7 Å². The number of benzene rings is 2. The fraction of sp³-hybridized carbons (Fsp3) is 0.350. The van der Waals surface area contributed by atoms with Crippen molar-refractivity contribution >= 4 is 33.7 Å². The maximum Gasteiger partial charge on any atom is 0.319 e. The molecule has 0 saturated heterocycles. The second-order valence-electron chi connectivity index (χ2n) is 6.05. The fourth-order valence-electron chi connectivity index (χ4n) is 3.05. The molecule has 0 aliphatic carbocycles. The maximum atomic E-state index is 12.2. The lowest BCUT2D eigenvalue weighted by Crippen LogP contribution is -2.36. The summed E-state index contributed by atoms with van der Waals surface area (Å²) < 4.78 is 11.3. The van der Waals surface area contributed by atoms with Crippen LogP contribution in [0.4, 0.5) is 10.5 Å². The van der Waals surface area contributed by atoms with Crippen molar-refractivity contribution in [1.29, 1.82) is 0 Å². The number of carbonyl (C=O) groups excluding carboxylic acids is 1. The summed E-state index contributed by atoms with van der Waals surface area (Å²) in [7, 11) is 1.59. The van der Waals surface area contributed by atoms with Crippen molar-refractivity contribution in [1.82, 2.24) is 10.2 Å². The van der Waals surface area contributed by atoms with Gasteiger partial charge in [-0.25, -0.2) is 4.79 Å². The van der Waals surface area contributed by atoms with Crippen molar-refractivity contribution in [2.24, 2.45) is 0 Å². The molecule has 3 rings (SSSR count). The Kier molecular flexibility index (Phi) is 5.63. The SMILES string of the molecule is CCN(CC)CCNC(=O)Nc1cc2oc3ccccc3c2cc1OC. The number of fused-ring (bicyclic) bond motifs is 3. The van der Waals surface area contributed by atoms with Crippen molar-refractivity contribution in [3.8, 4) is 5.75 Å². The normalized spacial score (nSPS) is 11.2. The van der Waals surface area contributed by atoms with E-state index in [-0.39, 0.29) is 6.03 Å². The summed E-state index contributed by atoms with van der Waals surface area (Å²) in [6.07, 6.45) is 0. The highest BCUT2D eigenvalue weighted by atomic mass is 16.5. The minimum absolute atomic E-state index is 0.258. The Morgan fingerprint density at radius 1 is 1.12 bits per heavy atom. The van der Waals surface area contributed by atoms with E-state index in [9.17, 15) is 4.79 Å². The second-order valence-corrected chi connectivity index (χ2v) is 6.05. The first kappa shape index (κ1) is 18.1. The maximum absolute atomic E-state index is 12.2. The molecule has 6 nitrogen and oxygen atoms in total. The van der Waals surface area contributed by atoms with Crippen LogP contribution in [-0.2, 0) is 0 Å². The van der Waals surface area contributed by atoms with Crippen LogP contribution in [0.1, 0.15) is 13.8 Å². The molecule has 0 aliphatic rings. The van der Waals surface area contributed by atoms with E-state index in [0.717, 1.165) is 36.0 Å². The van der Waals surface area contributed by atoms with Crippen molar-refractivity contribution < 1.29 is 13.9 Å². The average Bonchev–Trinajstić information content (AvgIpc) is 3.02. The molecule has 2 amide bonds. The van der Waals surface area contributed by atoms with Gasteiger partial charge in [-0.05, 0) is 25.2 Å². The molecule has 2 N–H and O–H groups in total. The number of hydrogen-bond acceptors (Lipinski definition) is 4.